The number of fused-ring (bicyclic) bond motifs is 2. The first-order chi connectivity index (χ1) is 23.6. The van der Waals surface area contributed by atoms with Crippen molar-refractivity contribution in [1.29, 1.82) is 0 Å². The van der Waals surface area contributed by atoms with Crippen molar-refractivity contribution in [3.8, 4) is 5.75 Å². The number of aromatic hydroxyl groups is 1. The van der Waals surface area contributed by atoms with Gasteiger partial charge in [-0.3, -0.25) is 29.0 Å². The van der Waals surface area contributed by atoms with E-state index in [1.165, 1.54) is 17.0 Å². The minimum atomic E-state index is -1.10. The van der Waals surface area contributed by atoms with E-state index in [1.807, 2.05) is 42.5 Å². The van der Waals surface area contributed by atoms with Gasteiger partial charge in [-0.05, 0) is 59.7 Å². The summed E-state index contributed by atoms with van der Waals surface area (Å²) >= 11 is 0. The average molecular weight is 671 g/mol. The fraction of sp³-hybridized carbons (Fsp3) is 0.371. The van der Waals surface area contributed by atoms with Gasteiger partial charge >= 0.3 is 0 Å². The molecule has 2 fully saturated rings. The Balaban J connectivity index is 1.45. The minimum absolute atomic E-state index is 0.0504. The SMILES string of the molecule is NC(N)=NCCC[C@@H]1NC(=O)[C@@H]2CCCN2C(=O)[C@@H](Cc2ccc(O)cc2)NC(=O)CNC(=O)[C@H](Cc2ccc3ccccc3c2)NC1=O. The molecule has 3 aromatic carbocycles. The van der Waals surface area contributed by atoms with Gasteiger partial charge in [0.2, 0.25) is 29.5 Å². The molecule has 0 bridgehead atoms. The molecular weight excluding hydrogens is 628 g/mol. The van der Waals surface area contributed by atoms with Crippen LogP contribution in [0.4, 0.5) is 0 Å². The third kappa shape index (κ3) is 9.24. The van der Waals surface area contributed by atoms with Gasteiger partial charge in [-0.2, -0.15) is 0 Å². The van der Waals surface area contributed by atoms with E-state index in [1.54, 1.807) is 12.1 Å². The van der Waals surface area contributed by atoms with Crippen LogP contribution in [0.25, 0.3) is 10.8 Å². The third-order valence-corrected chi connectivity index (χ3v) is 8.74. The first-order valence-corrected chi connectivity index (χ1v) is 16.4. The smallest absolute Gasteiger partial charge is 0.246 e. The Labute approximate surface area is 283 Å². The number of carbonyl (C=O) groups excluding carboxylic acids is 5. The molecule has 5 amide bonds. The maximum absolute atomic E-state index is 13.9. The largest absolute Gasteiger partial charge is 0.508 e. The Morgan fingerprint density at radius 3 is 2.24 bits per heavy atom. The van der Waals surface area contributed by atoms with Gasteiger partial charge < -0.3 is 42.7 Å². The van der Waals surface area contributed by atoms with Crippen LogP contribution < -0.4 is 32.7 Å². The number of benzene rings is 3. The van der Waals surface area contributed by atoms with Crippen molar-refractivity contribution in [3.05, 3.63) is 77.9 Å². The second-order valence-corrected chi connectivity index (χ2v) is 12.4. The van der Waals surface area contributed by atoms with Gasteiger partial charge in [0.05, 0.1) is 6.54 Å². The maximum atomic E-state index is 13.9. The number of rotatable bonds is 8. The second-order valence-electron chi connectivity index (χ2n) is 12.4. The molecule has 2 saturated heterocycles. The molecule has 9 N–H and O–H groups in total. The van der Waals surface area contributed by atoms with Crippen LogP contribution in [0.2, 0.25) is 0 Å². The second kappa shape index (κ2) is 16.0. The van der Waals surface area contributed by atoms with Crippen LogP contribution in [-0.2, 0) is 36.8 Å². The van der Waals surface area contributed by atoms with Crippen molar-refractivity contribution in [1.82, 2.24) is 26.2 Å². The minimum Gasteiger partial charge on any atom is -0.508 e. The number of phenolic OH excluding ortho intramolecular Hbond substituents is 1. The molecule has 49 heavy (non-hydrogen) atoms. The first kappa shape index (κ1) is 34.7. The first-order valence-electron chi connectivity index (χ1n) is 16.4. The number of nitrogens with one attached hydrogen (secondary N) is 4. The predicted octanol–water partition coefficient (Wildman–Crippen LogP) is -0.0406. The third-order valence-electron chi connectivity index (χ3n) is 8.74. The van der Waals surface area contributed by atoms with E-state index in [9.17, 15) is 29.1 Å². The zero-order valence-corrected chi connectivity index (χ0v) is 27.1. The average Bonchev–Trinajstić information content (AvgIpc) is 3.58. The summed E-state index contributed by atoms with van der Waals surface area (Å²) in [6.45, 7) is 0.0410. The molecule has 0 saturated carbocycles. The molecule has 5 rings (SSSR count). The van der Waals surface area contributed by atoms with Gasteiger partial charge in [0, 0.05) is 25.9 Å². The number of carbonyl (C=O) groups is 5. The summed E-state index contributed by atoms with van der Waals surface area (Å²) in [5.74, 6) is -2.87. The van der Waals surface area contributed by atoms with Gasteiger partial charge in [-0.15, -0.1) is 0 Å². The van der Waals surface area contributed by atoms with Crippen molar-refractivity contribution >= 4 is 46.3 Å². The fourth-order valence-corrected chi connectivity index (χ4v) is 6.23. The fourth-order valence-electron chi connectivity index (χ4n) is 6.23. The topological polar surface area (TPSA) is 221 Å². The van der Waals surface area contributed by atoms with Crippen LogP contribution in [0.5, 0.6) is 5.75 Å². The normalized spacial score (nSPS) is 22.2. The van der Waals surface area contributed by atoms with E-state index >= 15 is 0 Å². The Bertz CT molecular complexity index is 1720. The number of aliphatic imine (C=N–C) groups is 1. The highest BCUT2D eigenvalue weighted by Crippen LogP contribution is 2.22. The maximum Gasteiger partial charge on any atom is 0.246 e. The Hall–Kier alpha value is -5.66. The molecule has 2 aliphatic heterocycles. The van der Waals surface area contributed by atoms with Gasteiger partial charge in [-0.25, -0.2) is 0 Å². The highest BCUT2D eigenvalue weighted by molar-refractivity contribution is 5.97. The molecule has 0 spiro atoms. The number of hydrogen-bond acceptors (Lipinski definition) is 7. The summed E-state index contributed by atoms with van der Waals surface area (Å²) in [5.41, 5.74) is 12.4. The van der Waals surface area contributed by atoms with E-state index in [-0.39, 0.29) is 44.1 Å². The van der Waals surface area contributed by atoms with Crippen molar-refractivity contribution in [2.75, 3.05) is 19.6 Å². The molecule has 3 aromatic rings. The summed E-state index contributed by atoms with van der Waals surface area (Å²) in [5, 5.41) is 22.7. The summed E-state index contributed by atoms with van der Waals surface area (Å²) in [4.78, 5) is 73.7. The molecule has 14 heteroatoms. The lowest BCUT2D eigenvalue weighted by molar-refractivity contribution is -0.142. The van der Waals surface area contributed by atoms with Crippen LogP contribution in [0, 0.1) is 0 Å². The zero-order valence-electron chi connectivity index (χ0n) is 27.1. The molecule has 0 radical (unpaired) electrons. The molecule has 258 valence electrons. The number of nitrogens with two attached hydrogens (primary N) is 2. The van der Waals surface area contributed by atoms with E-state index < -0.39 is 60.2 Å². The van der Waals surface area contributed by atoms with E-state index in [2.05, 4.69) is 26.3 Å². The Morgan fingerprint density at radius 1 is 0.796 bits per heavy atom. The van der Waals surface area contributed by atoms with Crippen LogP contribution in [0.15, 0.2) is 71.7 Å². The van der Waals surface area contributed by atoms with Crippen LogP contribution in [-0.4, -0.2) is 89.3 Å². The van der Waals surface area contributed by atoms with Crippen LogP contribution in [0.3, 0.4) is 0 Å². The number of phenols is 1. The summed E-state index contributed by atoms with van der Waals surface area (Å²) in [6.07, 6.45) is 1.61. The monoisotopic (exact) mass is 670 g/mol. The number of hydrogen-bond donors (Lipinski definition) is 7. The number of nitrogens with zero attached hydrogens (tertiary/aromatic N) is 2. The molecule has 2 heterocycles. The lowest BCUT2D eigenvalue weighted by atomic mass is 10.0. The quantitative estimate of drug-likeness (QED) is 0.0977. The summed E-state index contributed by atoms with van der Waals surface area (Å²) < 4.78 is 0. The number of guanidine groups is 1. The number of amides is 5. The summed E-state index contributed by atoms with van der Waals surface area (Å²) in [7, 11) is 0. The van der Waals surface area contributed by atoms with Crippen molar-refractivity contribution in [2.45, 2.75) is 62.7 Å². The Kier molecular flexibility index (Phi) is 11.3. The molecular formula is C35H42N8O6. The molecule has 4 atom stereocenters. The van der Waals surface area contributed by atoms with Gasteiger partial charge in [0.25, 0.3) is 0 Å². The van der Waals surface area contributed by atoms with Gasteiger partial charge in [0.1, 0.15) is 29.9 Å². The van der Waals surface area contributed by atoms with Gasteiger partial charge in [-0.1, -0.05) is 54.6 Å². The molecule has 2 aliphatic rings. The zero-order chi connectivity index (χ0) is 34.9. The molecule has 0 unspecified atom stereocenters. The van der Waals surface area contributed by atoms with E-state index in [0.717, 1.165) is 16.3 Å². The molecule has 0 aromatic heterocycles. The standard InChI is InChI=1S/C35H42N8O6/c36-35(37)38-15-3-7-26-32(47)42-27(19-22-9-12-23-5-1-2-6-24(23)17-22)31(46)39-20-30(45)40-28(18-21-10-13-25(44)14-11-21)34(49)43-16-4-8-29(43)33(48)41-26/h1-2,5-6,9-14,17,26-29,44H,3-4,7-8,15-16,18-20H2,(H,39,46)(H,40,45)(H,41,48)(H,42,47)(H4,36,37,38)/t26-,27-,28+,29-/m0/s1. The van der Waals surface area contributed by atoms with Crippen LogP contribution in [0.1, 0.15) is 36.8 Å². The van der Waals surface area contributed by atoms with E-state index in [0.29, 0.717) is 24.8 Å². The molecule has 0 aliphatic carbocycles. The van der Waals surface area contributed by atoms with Crippen molar-refractivity contribution < 1.29 is 29.1 Å². The predicted molar refractivity (Wildman–Crippen MR) is 183 cm³/mol. The molecule has 14 nitrogen and oxygen atoms in total. The van der Waals surface area contributed by atoms with Crippen molar-refractivity contribution in [2.24, 2.45) is 16.5 Å². The highest BCUT2D eigenvalue weighted by atomic mass is 16.3. The van der Waals surface area contributed by atoms with Gasteiger partial charge in [0.15, 0.2) is 5.96 Å². The van der Waals surface area contributed by atoms with Crippen LogP contribution >= 0.6 is 0 Å². The Morgan fingerprint density at radius 2 is 1.49 bits per heavy atom. The lowest BCUT2D eigenvalue weighted by Gasteiger charge is -2.30. The van der Waals surface area contributed by atoms with Crippen molar-refractivity contribution in [3.63, 3.8) is 0 Å². The van der Waals surface area contributed by atoms with E-state index in [4.69, 9.17) is 11.5 Å². The highest BCUT2D eigenvalue weighted by Gasteiger charge is 2.39. The summed E-state index contributed by atoms with van der Waals surface area (Å²) in [6, 6.07) is 15.6. The lowest BCUT2D eigenvalue weighted by Crippen LogP contribution is -2.57.